The molecule has 1 aliphatic rings. The quantitative estimate of drug-likeness (QED) is 0.346. The number of allylic oxidation sites excluding steroid dienone is 3. The molecule has 1 aliphatic heterocycles. The number of anilines is 3. The number of phenols is 2. The lowest BCUT2D eigenvalue weighted by Gasteiger charge is -2.24. The molecule has 3 rings (SSSR count). The molecule has 0 spiro atoms. The van der Waals surface area contributed by atoms with E-state index >= 15 is 0 Å². The highest BCUT2D eigenvalue weighted by molar-refractivity contribution is 6.15. The second-order valence-electron chi connectivity index (χ2n) is 10.3. The molecule has 1 amide bonds. The number of para-hydroxylation sites is 1. The van der Waals surface area contributed by atoms with Crippen LogP contribution in [0.4, 0.5) is 17.1 Å². The summed E-state index contributed by atoms with van der Waals surface area (Å²) in [5, 5.41) is 20.7. The predicted molar refractivity (Wildman–Crippen MR) is 148 cm³/mol. The number of carbonyl (C=O) groups excluding carboxylic acids is 1. The standard InChI is InChI=1S/C30H40N2O4/c1-21(12-9-18-30(3,4)36-6)10-7-11-22(2)17-19-32-26-20-23(33)15-16-25(26)31(5)28-24(29(32)35)13-8-14-27(28)34/h8,10,13-17,20,33-34H,7,9,11-12,18-19H2,1-6H3/b21-10+,22-17+. The minimum atomic E-state index is -0.212. The van der Waals surface area contributed by atoms with Gasteiger partial charge in [0, 0.05) is 26.8 Å². The lowest BCUT2D eigenvalue weighted by Crippen LogP contribution is -2.30. The van der Waals surface area contributed by atoms with E-state index in [0.717, 1.165) is 37.8 Å². The Labute approximate surface area is 215 Å². The van der Waals surface area contributed by atoms with Crippen LogP contribution in [0.2, 0.25) is 0 Å². The summed E-state index contributed by atoms with van der Waals surface area (Å²) in [4.78, 5) is 17.0. The van der Waals surface area contributed by atoms with Crippen LogP contribution in [0.3, 0.4) is 0 Å². The third kappa shape index (κ3) is 6.49. The van der Waals surface area contributed by atoms with Crippen molar-refractivity contribution in [2.45, 2.75) is 65.4 Å². The van der Waals surface area contributed by atoms with Gasteiger partial charge in [-0.05, 0) is 84.1 Å². The fraction of sp³-hybridized carbons (Fsp3) is 0.433. The molecule has 0 saturated heterocycles. The van der Waals surface area contributed by atoms with Crippen LogP contribution >= 0.6 is 0 Å². The van der Waals surface area contributed by atoms with E-state index in [-0.39, 0.29) is 23.0 Å². The summed E-state index contributed by atoms with van der Waals surface area (Å²) in [6, 6.07) is 9.95. The summed E-state index contributed by atoms with van der Waals surface area (Å²) >= 11 is 0. The van der Waals surface area contributed by atoms with Crippen molar-refractivity contribution in [1.29, 1.82) is 0 Å². The van der Waals surface area contributed by atoms with Crippen molar-refractivity contribution in [1.82, 2.24) is 0 Å². The molecule has 36 heavy (non-hydrogen) atoms. The van der Waals surface area contributed by atoms with Crippen molar-refractivity contribution in [2.75, 3.05) is 30.5 Å². The lowest BCUT2D eigenvalue weighted by molar-refractivity contribution is 0.0140. The third-order valence-corrected chi connectivity index (χ3v) is 6.99. The highest BCUT2D eigenvalue weighted by atomic mass is 16.5. The summed E-state index contributed by atoms with van der Waals surface area (Å²) in [7, 11) is 3.58. The first-order valence-corrected chi connectivity index (χ1v) is 12.6. The number of ether oxygens (including phenoxy) is 1. The van der Waals surface area contributed by atoms with Crippen molar-refractivity contribution in [3.05, 3.63) is 65.3 Å². The molecule has 2 aromatic rings. The van der Waals surface area contributed by atoms with Crippen LogP contribution in [0.1, 0.15) is 70.2 Å². The summed E-state index contributed by atoms with van der Waals surface area (Å²) in [6.45, 7) is 8.88. The second-order valence-corrected chi connectivity index (χ2v) is 10.3. The smallest absolute Gasteiger partial charge is 0.260 e. The largest absolute Gasteiger partial charge is 0.508 e. The van der Waals surface area contributed by atoms with E-state index in [9.17, 15) is 15.0 Å². The van der Waals surface area contributed by atoms with Crippen molar-refractivity contribution in [2.24, 2.45) is 0 Å². The number of carbonyl (C=O) groups is 1. The van der Waals surface area contributed by atoms with E-state index in [1.54, 1.807) is 53.3 Å². The number of rotatable bonds is 10. The van der Waals surface area contributed by atoms with E-state index in [1.165, 1.54) is 11.1 Å². The Morgan fingerprint density at radius 3 is 2.47 bits per heavy atom. The molecule has 194 valence electrons. The first-order valence-electron chi connectivity index (χ1n) is 12.6. The molecule has 2 aromatic carbocycles. The molecule has 6 nitrogen and oxygen atoms in total. The molecule has 0 bridgehead atoms. The zero-order valence-electron chi connectivity index (χ0n) is 22.5. The minimum Gasteiger partial charge on any atom is -0.508 e. The zero-order chi connectivity index (χ0) is 26.5. The van der Waals surface area contributed by atoms with Crippen LogP contribution < -0.4 is 9.80 Å². The lowest BCUT2D eigenvalue weighted by atomic mass is 9.98. The molecule has 0 aromatic heterocycles. The highest BCUT2D eigenvalue weighted by Gasteiger charge is 2.31. The van der Waals surface area contributed by atoms with E-state index in [0.29, 0.717) is 23.5 Å². The molecule has 2 N–H and O–H groups in total. The number of fused-ring (bicyclic) bond motifs is 2. The number of hydrogen-bond acceptors (Lipinski definition) is 5. The molecule has 0 fully saturated rings. The number of aromatic hydroxyl groups is 2. The maximum atomic E-state index is 13.6. The molecule has 0 aliphatic carbocycles. The zero-order valence-corrected chi connectivity index (χ0v) is 22.5. The van der Waals surface area contributed by atoms with E-state index in [1.807, 2.05) is 7.05 Å². The molecule has 0 radical (unpaired) electrons. The maximum absolute atomic E-state index is 13.6. The Kier molecular flexibility index (Phi) is 8.85. The van der Waals surface area contributed by atoms with Gasteiger partial charge in [0.2, 0.25) is 0 Å². The van der Waals surface area contributed by atoms with Gasteiger partial charge in [0.25, 0.3) is 5.91 Å². The van der Waals surface area contributed by atoms with Gasteiger partial charge in [-0.2, -0.15) is 0 Å². The predicted octanol–water partition coefficient (Wildman–Crippen LogP) is 7.09. The Morgan fingerprint density at radius 2 is 1.75 bits per heavy atom. The first-order chi connectivity index (χ1) is 17.0. The fourth-order valence-corrected chi connectivity index (χ4v) is 4.52. The average Bonchev–Trinajstić information content (AvgIpc) is 2.91. The summed E-state index contributed by atoms with van der Waals surface area (Å²) in [5.74, 6) is -0.0786. The van der Waals surface area contributed by atoms with Gasteiger partial charge in [0.05, 0.1) is 28.2 Å². The van der Waals surface area contributed by atoms with Crippen LogP contribution in [0.15, 0.2) is 59.7 Å². The Balaban J connectivity index is 1.72. The average molecular weight is 493 g/mol. The minimum absolute atomic E-state index is 0.0453. The molecule has 0 unspecified atom stereocenters. The Morgan fingerprint density at radius 1 is 1.03 bits per heavy atom. The van der Waals surface area contributed by atoms with Crippen LogP contribution in [-0.2, 0) is 4.74 Å². The first kappa shape index (κ1) is 27.3. The van der Waals surface area contributed by atoms with Gasteiger partial charge < -0.3 is 24.7 Å². The van der Waals surface area contributed by atoms with E-state index in [2.05, 4.69) is 39.8 Å². The number of hydrogen-bond donors (Lipinski definition) is 2. The van der Waals surface area contributed by atoms with Crippen LogP contribution in [-0.4, -0.2) is 42.4 Å². The number of benzene rings is 2. The topological polar surface area (TPSA) is 73.2 Å². The summed E-state index contributed by atoms with van der Waals surface area (Å²) in [5.41, 5.74) is 4.75. The van der Waals surface area contributed by atoms with E-state index in [4.69, 9.17) is 4.74 Å². The number of methoxy groups -OCH3 is 1. The summed E-state index contributed by atoms with van der Waals surface area (Å²) < 4.78 is 5.50. The van der Waals surface area contributed by atoms with Crippen molar-refractivity contribution in [3.63, 3.8) is 0 Å². The molecule has 0 saturated carbocycles. The molecule has 0 atom stereocenters. The van der Waals surface area contributed by atoms with Gasteiger partial charge in [-0.1, -0.05) is 29.4 Å². The van der Waals surface area contributed by atoms with Gasteiger partial charge in [0.15, 0.2) is 0 Å². The molecular formula is C30H40N2O4. The van der Waals surface area contributed by atoms with Crippen molar-refractivity contribution >= 4 is 23.0 Å². The van der Waals surface area contributed by atoms with Gasteiger partial charge in [0.1, 0.15) is 11.5 Å². The SMILES string of the molecule is COC(C)(C)CCC/C(C)=C/CC/C(C)=C/CN1C(=O)c2cccc(O)c2N(C)c2ccc(O)cc21. The van der Waals surface area contributed by atoms with E-state index < -0.39 is 0 Å². The van der Waals surface area contributed by atoms with Crippen LogP contribution in [0, 0.1) is 0 Å². The Hall–Kier alpha value is -3.25. The van der Waals surface area contributed by atoms with Gasteiger partial charge in [-0.25, -0.2) is 0 Å². The molecular weight excluding hydrogens is 452 g/mol. The molecule has 1 heterocycles. The normalized spacial score (nSPS) is 14.6. The number of phenolic OH excluding ortho intramolecular Hbond substituents is 2. The van der Waals surface area contributed by atoms with Gasteiger partial charge in [-0.15, -0.1) is 0 Å². The number of nitrogens with zero attached hydrogens (tertiary/aromatic N) is 2. The highest BCUT2D eigenvalue weighted by Crippen LogP contribution is 2.44. The van der Waals surface area contributed by atoms with Crippen molar-refractivity contribution in [3.8, 4) is 11.5 Å². The summed E-state index contributed by atoms with van der Waals surface area (Å²) in [6.07, 6.45) is 9.44. The number of amides is 1. The van der Waals surface area contributed by atoms with Gasteiger partial charge >= 0.3 is 0 Å². The fourth-order valence-electron chi connectivity index (χ4n) is 4.52. The monoisotopic (exact) mass is 492 g/mol. The van der Waals surface area contributed by atoms with Gasteiger partial charge in [-0.3, -0.25) is 4.79 Å². The molecule has 6 heteroatoms. The maximum Gasteiger partial charge on any atom is 0.260 e. The third-order valence-electron chi connectivity index (χ3n) is 6.99. The van der Waals surface area contributed by atoms with Crippen molar-refractivity contribution < 1.29 is 19.7 Å². The second kappa shape index (κ2) is 11.7. The van der Waals surface area contributed by atoms with Crippen LogP contribution in [0.25, 0.3) is 0 Å². The Bertz CT molecular complexity index is 1150. The van der Waals surface area contributed by atoms with Crippen LogP contribution in [0.5, 0.6) is 11.5 Å².